The van der Waals surface area contributed by atoms with Gasteiger partial charge in [0.15, 0.2) is 6.10 Å². The van der Waals surface area contributed by atoms with E-state index >= 15 is 0 Å². The lowest BCUT2D eigenvalue weighted by Crippen LogP contribution is -2.23. The molecule has 0 amide bonds. The molecule has 0 bridgehead atoms. The first-order chi connectivity index (χ1) is 12.2. The SMILES string of the molecule is C[C@H](OC(=O)/C=C/c1cccc(Br)c1)C(=O)c1ccc(C(C)(C)C)cc1. The summed E-state index contributed by atoms with van der Waals surface area (Å²) in [7, 11) is 0. The molecule has 3 nitrogen and oxygen atoms in total. The van der Waals surface area contributed by atoms with Crippen LogP contribution in [0.3, 0.4) is 0 Å². The lowest BCUT2D eigenvalue weighted by atomic mass is 9.86. The fourth-order valence-electron chi connectivity index (χ4n) is 2.41. The van der Waals surface area contributed by atoms with Crippen LogP contribution in [0.5, 0.6) is 0 Å². The molecule has 2 aromatic carbocycles. The molecule has 0 aliphatic heterocycles. The van der Waals surface area contributed by atoms with E-state index in [9.17, 15) is 9.59 Å². The number of rotatable bonds is 5. The molecule has 2 aromatic rings. The van der Waals surface area contributed by atoms with Gasteiger partial charge in [-0.1, -0.05) is 73.1 Å². The van der Waals surface area contributed by atoms with E-state index in [1.807, 2.05) is 36.4 Å². The van der Waals surface area contributed by atoms with Crippen LogP contribution >= 0.6 is 15.9 Å². The topological polar surface area (TPSA) is 43.4 Å². The van der Waals surface area contributed by atoms with E-state index in [2.05, 4.69) is 36.7 Å². The minimum absolute atomic E-state index is 0.0247. The van der Waals surface area contributed by atoms with Gasteiger partial charge in [-0.2, -0.15) is 0 Å². The summed E-state index contributed by atoms with van der Waals surface area (Å²) in [5.74, 6) is -0.758. The fraction of sp³-hybridized carbons (Fsp3) is 0.273. The van der Waals surface area contributed by atoms with Crippen molar-refractivity contribution in [2.75, 3.05) is 0 Å². The summed E-state index contributed by atoms with van der Waals surface area (Å²) in [6.45, 7) is 7.94. The molecule has 0 aliphatic rings. The zero-order valence-electron chi connectivity index (χ0n) is 15.5. The van der Waals surface area contributed by atoms with Gasteiger partial charge in [0.1, 0.15) is 0 Å². The number of benzene rings is 2. The van der Waals surface area contributed by atoms with Crippen LogP contribution in [-0.4, -0.2) is 17.9 Å². The minimum atomic E-state index is -0.838. The summed E-state index contributed by atoms with van der Waals surface area (Å²) in [4.78, 5) is 24.4. The number of Topliss-reactive ketones (excluding diaryl/α,β-unsaturated/α-hetero) is 1. The lowest BCUT2D eigenvalue weighted by molar-refractivity contribution is -0.140. The average Bonchev–Trinajstić information content (AvgIpc) is 2.58. The second kappa shape index (κ2) is 8.45. The number of carbonyl (C=O) groups is 2. The normalized spacial score (nSPS) is 12.8. The summed E-state index contributed by atoms with van der Waals surface area (Å²) in [5.41, 5.74) is 2.58. The molecule has 0 aliphatic carbocycles. The van der Waals surface area contributed by atoms with Crippen molar-refractivity contribution in [1.82, 2.24) is 0 Å². The van der Waals surface area contributed by atoms with Crippen molar-refractivity contribution in [3.63, 3.8) is 0 Å². The van der Waals surface area contributed by atoms with Crippen molar-refractivity contribution in [2.24, 2.45) is 0 Å². The summed E-state index contributed by atoms with van der Waals surface area (Å²) < 4.78 is 6.16. The quantitative estimate of drug-likeness (QED) is 0.364. The number of hydrogen-bond donors (Lipinski definition) is 0. The third kappa shape index (κ3) is 5.67. The van der Waals surface area contributed by atoms with Gasteiger partial charge in [-0.15, -0.1) is 0 Å². The maximum Gasteiger partial charge on any atom is 0.331 e. The maximum atomic E-state index is 12.5. The van der Waals surface area contributed by atoms with Gasteiger partial charge in [0.2, 0.25) is 5.78 Å². The Balaban J connectivity index is 1.99. The third-order valence-corrected chi connectivity index (χ3v) is 4.45. The number of halogens is 1. The summed E-state index contributed by atoms with van der Waals surface area (Å²) >= 11 is 3.38. The molecule has 0 N–H and O–H groups in total. The van der Waals surface area contributed by atoms with Crippen molar-refractivity contribution in [3.8, 4) is 0 Å². The first-order valence-corrected chi connectivity index (χ1v) is 9.25. The van der Waals surface area contributed by atoms with Gasteiger partial charge in [-0.3, -0.25) is 4.79 Å². The zero-order valence-corrected chi connectivity index (χ0v) is 17.0. The molecule has 0 saturated carbocycles. The molecule has 0 aromatic heterocycles. The Labute approximate surface area is 163 Å². The highest BCUT2D eigenvalue weighted by atomic mass is 79.9. The van der Waals surface area contributed by atoms with Crippen LogP contribution in [-0.2, 0) is 14.9 Å². The molecule has 26 heavy (non-hydrogen) atoms. The van der Waals surface area contributed by atoms with E-state index in [1.54, 1.807) is 25.1 Å². The monoisotopic (exact) mass is 414 g/mol. The second-order valence-electron chi connectivity index (χ2n) is 7.16. The summed E-state index contributed by atoms with van der Waals surface area (Å²) in [6, 6.07) is 15.0. The van der Waals surface area contributed by atoms with E-state index in [4.69, 9.17) is 4.74 Å². The molecule has 0 fully saturated rings. The van der Waals surface area contributed by atoms with Crippen LogP contribution in [0.4, 0.5) is 0 Å². The van der Waals surface area contributed by atoms with Crippen molar-refractivity contribution in [1.29, 1.82) is 0 Å². The lowest BCUT2D eigenvalue weighted by Gasteiger charge is -2.19. The Bertz CT molecular complexity index is 814. The predicted molar refractivity (Wildman–Crippen MR) is 108 cm³/mol. The fourth-order valence-corrected chi connectivity index (χ4v) is 2.83. The van der Waals surface area contributed by atoms with E-state index in [0.717, 1.165) is 15.6 Å². The first-order valence-electron chi connectivity index (χ1n) is 8.46. The van der Waals surface area contributed by atoms with Crippen molar-refractivity contribution < 1.29 is 14.3 Å². The molecule has 1 atom stereocenters. The Hall–Kier alpha value is -2.20. The Morgan fingerprint density at radius 1 is 1.08 bits per heavy atom. The van der Waals surface area contributed by atoms with Crippen LogP contribution in [0, 0.1) is 0 Å². The number of ketones is 1. The Morgan fingerprint density at radius 3 is 2.31 bits per heavy atom. The number of hydrogen-bond acceptors (Lipinski definition) is 3. The highest BCUT2D eigenvalue weighted by molar-refractivity contribution is 9.10. The highest BCUT2D eigenvalue weighted by Crippen LogP contribution is 2.22. The Morgan fingerprint density at radius 2 is 1.73 bits per heavy atom. The van der Waals surface area contributed by atoms with E-state index < -0.39 is 12.1 Å². The number of ether oxygens (including phenoxy) is 1. The molecule has 136 valence electrons. The molecule has 0 unspecified atom stereocenters. The van der Waals surface area contributed by atoms with Gasteiger partial charge in [0, 0.05) is 16.1 Å². The van der Waals surface area contributed by atoms with Gasteiger partial charge in [-0.05, 0) is 41.7 Å². The predicted octanol–water partition coefficient (Wildman–Crippen LogP) is 5.57. The largest absolute Gasteiger partial charge is 0.451 e. The molecule has 0 saturated heterocycles. The molecular formula is C22H23BrO3. The van der Waals surface area contributed by atoms with E-state index in [-0.39, 0.29) is 11.2 Å². The minimum Gasteiger partial charge on any atom is -0.451 e. The van der Waals surface area contributed by atoms with Crippen LogP contribution in [0.15, 0.2) is 59.1 Å². The number of esters is 1. The molecule has 0 heterocycles. The van der Waals surface area contributed by atoms with Crippen LogP contribution in [0.2, 0.25) is 0 Å². The van der Waals surface area contributed by atoms with Crippen LogP contribution in [0.25, 0.3) is 6.08 Å². The summed E-state index contributed by atoms with van der Waals surface area (Å²) in [5, 5.41) is 0. The molecule has 0 spiro atoms. The average molecular weight is 415 g/mol. The third-order valence-electron chi connectivity index (χ3n) is 3.96. The van der Waals surface area contributed by atoms with E-state index in [1.165, 1.54) is 6.08 Å². The van der Waals surface area contributed by atoms with Crippen LogP contribution in [0.1, 0.15) is 49.2 Å². The van der Waals surface area contributed by atoms with E-state index in [0.29, 0.717) is 5.56 Å². The van der Waals surface area contributed by atoms with Crippen molar-refractivity contribution >= 4 is 33.8 Å². The van der Waals surface area contributed by atoms with Gasteiger partial charge in [0.25, 0.3) is 0 Å². The zero-order chi connectivity index (χ0) is 19.3. The van der Waals surface area contributed by atoms with Crippen molar-refractivity contribution in [2.45, 2.75) is 39.2 Å². The van der Waals surface area contributed by atoms with Gasteiger partial charge in [0.05, 0.1) is 0 Å². The number of carbonyl (C=O) groups excluding carboxylic acids is 2. The summed E-state index contributed by atoms with van der Waals surface area (Å²) in [6.07, 6.45) is 2.14. The second-order valence-corrected chi connectivity index (χ2v) is 8.07. The molecular weight excluding hydrogens is 392 g/mol. The first kappa shape index (κ1) is 20.1. The standard InChI is InChI=1S/C22H23BrO3/c1-15(21(25)17-9-11-18(12-10-17)22(2,3)4)26-20(24)13-8-16-6-5-7-19(23)14-16/h5-15H,1-4H3/b13-8+/t15-/m0/s1. The Kier molecular flexibility index (Phi) is 6.54. The van der Waals surface area contributed by atoms with Gasteiger partial charge >= 0.3 is 5.97 Å². The van der Waals surface area contributed by atoms with Crippen molar-refractivity contribution in [3.05, 3.63) is 75.8 Å². The maximum absolute atomic E-state index is 12.5. The smallest absolute Gasteiger partial charge is 0.331 e. The van der Waals surface area contributed by atoms with Gasteiger partial charge in [-0.25, -0.2) is 4.79 Å². The van der Waals surface area contributed by atoms with Gasteiger partial charge < -0.3 is 4.74 Å². The highest BCUT2D eigenvalue weighted by Gasteiger charge is 2.20. The molecule has 2 rings (SSSR count). The molecule has 0 radical (unpaired) electrons. The van der Waals surface area contributed by atoms with Crippen LogP contribution < -0.4 is 0 Å². The molecule has 4 heteroatoms.